The molecule has 0 unspecified atom stereocenters. The smallest absolute Gasteiger partial charge is 0.258 e. The third-order valence-corrected chi connectivity index (χ3v) is 4.07. The number of carbonyl (C=O) groups excluding carboxylic acids is 1. The molecule has 0 spiro atoms. The Morgan fingerprint density at radius 1 is 1.22 bits per heavy atom. The lowest BCUT2D eigenvalue weighted by molar-refractivity contribution is -0.123. The van der Waals surface area contributed by atoms with E-state index in [1.54, 1.807) is 24.3 Å². The monoisotopic (exact) mass is 363 g/mol. The first-order chi connectivity index (χ1) is 13.2. The van der Waals surface area contributed by atoms with Gasteiger partial charge in [0.2, 0.25) is 0 Å². The van der Waals surface area contributed by atoms with Gasteiger partial charge in [0, 0.05) is 5.39 Å². The van der Waals surface area contributed by atoms with Crippen LogP contribution in [0.5, 0.6) is 5.75 Å². The number of aromatic nitrogens is 4. The van der Waals surface area contributed by atoms with E-state index < -0.39 is 0 Å². The van der Waals surface area contributed by atoms with Gasteiger partial charge in [0.1, 0.15) is 23.4 Å². The Labute approximate surface area is 154 Å². The summed E-state index contributed by atoms with van der Waals surface area (Å²) < 4.78 is 12.8. The molecule has 4 aromatic rings. The van der Waals surface area contributed by atoms with Crippen molar-refractivity contribution in [3.05, 3.63) is 66.7 Å². The van der Waals surface area contributed by atoms with Gasteiger partial charge in [0.05, 0.1) is 11.7 Å². The minimum atomic E-state index is -0.254. The number of benzene rings is 2. The van der Waals surface area contributed by atoms with Gasteiger partial charge in [-0.15, -0.1) is 5.10 Å². The van der Waals surface area contributed by atoms with E-state index in [4.69, 9.17) is 9.15 Å². The van der Waals surface area contributed by atoms with Gasteiger partial charge in [-0.2, -0.15) is 0 Å². The maximum Gasteiger partial charge on any atom is 0.258 e. The summed E-state index contributed by atoms with van der Waals surface area (Å²) in [7, 11) is 0. The quantitative estimate of drug-likeness (QED) is 0.566. The number of hydrogen-bond donors (Lipinski definition) is 1. The molecule has 0 aliphatic carbocycles. The topological polar surface area (TPSA) is 95.1 Å². The van der Waals surface area contributed by atoms with Gasteiger partial charge in [-0.3, -0.25) is 4.79 Å². The van der Waals surface area contributed by atoms with Gasteiger partial charge < -0.3 is 14.5 Å². The maximum atomic E-state index is 12.2. The summed E-state index contributed by atoms with van der Waals surface area (Å²) in [6.07, 6.45) is 1.50. The predicted molar refractivity (Wildman–Crippen MR) is 97.4 cm³/mol. The third-order valence-electron chi connectivity index (χ3n) is 4.07. The fraction of sp³-hybridized carbons (Fsp3) is 0.158. The number of tetrazole rings is 1. The maximum absolute atomic E-state index is 12.2. The largest absolute Gasteiger partial charge is 0.484 e. The van der Waals surface area contributed by atoms with Gasteiger partial charge >= 0.3 is 0 Å². The average molecular weight is 363 g/mol. The van der Waals surface area contributed by atoms with Gasteiger partial charge in [-0.25, -0.2) is 4.68 Å². The molecule has 0 radical (unpaired) electrons. The summed E-state index contributed by atoms with van der Waals surface area (Å²) in [5.41, 5.74) is 1.60. The molecule has 27 heavy (non-hydrogen) atoms. The summed E-state index contributed by atoms with van der Waals surface area (Å²) in [6.45, 7) is 1.78. The number of amides is 1. The third kappa shape index (κ3) is 3.79. The Hall–Kier alpha value is -3.68. The van der Waals surface area contributed by atoms with E-state index in [1.165, 1.54) is 11.0 Å². The second-order valence-electron chi connectivity index (χ2n) is 6.01. The molecule has 0 aliphatic heterocycles. The number of nitrogens with zero attached hydrogens (tertiary/aromatic N) is 4. The van der Waals surface area contributed by atoms with Crippen LogP contribution in [0.15, 0.2) is 65.3 Å². The molecule has 136 valence electrons. The number of carbonyl (C=O) groups is 1. The molecule has 2 aromatic carbocycles. The Balaban J connectivity index is 1.32. The molecule has 0 bridgehead atoms. The lowest BCUT2D eigenvalue weighted by atomic mass is 10.2. The van der Waals surface area contributed by atoms with E-state index in [9.17, 15) is 4.79 Å². The van der Waals surface area contributed by atoms with Crippen molar-refractivity contribution < 1.29 is 13.9 Å². The van der Waals surface area contributed by atoms with E-state index in [-0.39, 0.29) is 18.6 Å². The number of furan rings is 1. The minimum Gasteiger partial charge on any atom is -0.484 e. The SMILES string of the molecule is C[C@H](NC(=O)COc1ccc(-n2cnnn2)cc1)c1cc2ccccc2o1. The molecule has 0 aliphatic rings. The van der Waals surface area contributed by atoms with Crippen molar-refractivity contribution in [2.24, 2.45) is 0 Å². The number of fused-ring (bicyclic) bond motifs is 1. The molecular weight excluding hydrogens is 346 g/mol. The van der Waals surface area contributed by atoms with Crippen LogP contribution in [0.4, 0.5) is 0 Å². The van der Waals surface area contributed by atoms with Gasteiger partial charge in [0.25, 0.3) is 5.91 Å². The van der Waals surface area contributed by atoms with Crippen molar-refractivity contribution >= 4 is 16.9 Å². The summed E-state index contributed by atoms with van der Waals surface area (Å²) in [4.78, 5) is 12.2. The zero-order valence-electron chi connectivity index (χ0n) is 14.6. The molecule has 2 heterocycles. The standard InChI is InChI=1S/C19H17N5O3/c1-13(18-10-14-4-2-3-5-17(14)27-18)21-19(25)11-26-16-8-6-15(7-9-16)24-12-20-22-23-24/h2-10,12-13H,11H2,1H3,(H,21,25)/t13-/m0/s1. The Morgan fingerprint density at radius 2 is 2.04 bits per heavy atom. The van der Waals surface area contributed by atoms with Crippen molar-refractivity contribution in [3.63, 3.8) is 0 Å². The summed E-state index contributed by atoms with van der Waals surface area (Å²) in [5.74, 6) is 1.06. The lowest BCUT2D eigenvalue weighted by Gasteiger charge is -2.12. The highest BCUT2D eigenvalue weighted by atomic mass is 16.5. The van der Waals surface area contributed by atoms with E-state index in [1.807, 2.05) is 37.3 Å². The molecule has 0 saturated heterocycles. The first kappa shape index (κ1) is 16.8. The van der Waals surface area contributed by atoms with E-state index in [0.29, 0.717) is 11.5 Å². The highest BCUT2D eigenvalue weighted by molar-refractivity contribution is 5.79. The van der Waals surface area contributed by atoms with E-state index >= 15 is 0 Å². The van der Waals surface area contributed by atoms with Crippen LogP contribution in [0.25, 0.3) is 16.7 Å². The second-order valence-corrected chi connectivity index (χ2v) is 6.01. The van der Waals surface area contributed by atoms with Crippen LogP contribution in [0.1, 0.15) is 18.7 Å². The second kappa shape index (κ2) is 7.28. The number of rotatable bonds is 6. The summed E-state index contributed by atoms with van der Waals surface area (Å²) in [6, 6.07) is 16.5. The highest BCUT2D eigenvalue weighted by Crippen LogP contribution is 2.23. The summed E-state index contributed by atoms with van der Waals surface area (Å²) in [5, 5.41) is 14.9. The molecule has 1 amide bonds. The van der Waals surface area contributed by atoms with Crippen molar-refractivity contribution in [1.82, 2.24) is 25.5 Å². The Morgan fingerprint density at radius 3 is 2.78 bits per heavy atom. The van der Waals surface area contributed by atoms with Crippen molar-refractivity contribution in [2.45, 2.75) is 13.0 Å². The zero-order valence-corrected chi connectivity index (χ0v) is 14.6. The first-order valence-electron chi connectivity index (χ1n) is 8.43. The minimum absolute atomic E-state index is 0.0885. The highest BCUT2D eigenvalue weighted by Gasteiger charge is 2.14. The molecular formula is C19H17N5O3. The van der Waals surface area contributed by atoms with Gasteiger partial charge in [-0.05, 0) is 53.7 Å². The van der Waals surface area contributed by atoms with Crippen LogP contribution in [0.2, 0.25) is 0 Å². The Bertz CT molecular complexity index is 1010. The van der Waals surface area contributed by atoms with Crippen LogP contribution in [-0.4, -0.2) is 32.7 Å². The van der Waals surface area contributed by atoms with Crippen LogP contribution in [-0.2, 0) is 4.79 Å². The average Bonchev–Trinajstić information content (AvgIpc) is 3.36. The predicted octanol–water partition coefficient (Wildman–Crippen LogP) is 2.66. The molecule has 4 rings (SSSR count). The molecule has 2 aromatic heterocycles. The van der Waals surface area contributed by atoms with Crippen LogP contribution >= 0.6 is 0 Å². The van der Waals surface area contributed by atoms with Crippen molar-refractivity contribution in [2.75, 3.05) is 6.61 Å². The lowest BCUT2D eigenvalue weighted by Crippen LogP contribution is -2.31. The summed E-state index contributed by atoms with van der Waals surface area (Å²) >= 11 is 0. The van der Waals surface area contributed by atoms with Crippen LogP contribution in [0, 0.1) is 0 Å². The van der Waals surface area contributed by atoms with Crippen LogP contribution in [0.3, 0.4) is 0 Å². The number of ether oxygens (including phenoxy) is 1. The number of nitrogens with one attached hydrogen (secondary N) is 1. The first-order valence-corrected chi connectivity index (χ1v) is 8.43. The molecule has 1 atom stereocenters. The van der Waals surface area contributed by atoms with Crippen LogP contribution < -0.4 is 10.1 Å². The van der Waals surface area contributed by atoms with Crippen molar-refractivity contribution in [1.29, 1.82) is 0 Å². The molecule has 8 nitrogen and oxygen atoms in total. The Kier molecular flexibility index (Phi) is 4.52. The molecule has 1 N–H and O–H groups in total. The van der Waals surface area contributed by atoms with Gasteiger partial charge in [-0.1, -0.05) is 18.2 Å². The normalized spacial score (nSPS) is 12.0. The molecule has 0 saturated carbocycles. The van der Waals surface area contributed by atoms with E-state index in [0.717, 1.165) is 16.7 Å². The fourth-order valence-electron chi connectivity index (χ4n) is 2.69. The number of para-hydroxylation sites is 1. The molecule has 8 heteroatoms. The number of hydrogen-bond acceptors (Lipinski definition) is 6. The van der Waals surface area contributed by atoms with E-state index in [2.05, 4.69) is 20.8 Å². The molecule has 0 fully saturated rings. The zero-order chi connectivity index (χ0) is 18.6. The fourth-order valence-corrected chi connectivity index (χ4v) is 2.69. The van der Waals surface area contributed by atoms with Crippen molar-refractivity contribution in [3.8, 4) is 11.4 Å². The van der Waals surface area contributed by atoms with Gasteiger partial charge in [0.15, 0.2) is 6.61 Å².